The summed E-state index contributed by atoms with van der Waals surface area (Å²) in [6.45, 7) is 12.7. The lowest BCUT2D eigenvalue weighted by atomic mass is 9.92. The van der Waals surface area contributed by atoms with E-state index in [0.29, 0.717) is 17.6 Å². The maximum Gasteiger partial charge on any atom is 0.234 e. The SMILES string of the molecule is CC(C)c1cccc(C(C)C)c1NC(=O)CSc1nncn1C(C)C. The minimum atomic E-state index is -0.0155. The Bertz CT molecular complexity index is 696. The van der Waals surface area contributed by atoms with Gasteiger partial charge in [0.1, 0.15) is 6.33 Å². The van der Waals surface area contributed by atoms with Gasteiger partial charge in [-0.2, -0.15) is 0 Å². The first-order valence-electron chi connectivity index (χ1n) is 8.76. The maximum absolute atomic E-state index is 12.5. The van der Waals surface area contributed by atoms with E-state index in [9.17, 15) is 4.79 Å². The van der Waals surface area contributed by atoms with Crippen LogP contribution in [0, 0.1) is 0 Å². The first kappa shape index (κ1) is 19.5. The highest BCUT2D eigenvalue weighted by molar-refractivity contribution is 7.99. The lowest BCUT2D eigenvalue weighted by Crippen LogP contribution is -2.18. The summed E-state index contributed by atoms with van der Waals surface area (Å²) in [5.41, 5.74) is 3.31. The van der Waals surface area contributed by atoms with Crippen molar-refractivity contribution in [2.24, 2.45) is 0 Å². The molecule has 0 bridgehead atoms. The van der Waals surface area contributed by atoms with Gasteiger partial charge in [-0.25, -0.2) is 0 Å². The van der Waals surface area contributed by atoms with Crippen LogP contribution in [0.5, 0.6) is 0 Å². The van der Waals surface area contributed by atoms with Crippen LogP contribution in [-0.2, 0) is 4.79 Å². The Balaban J connectivity index is 2.13. The summed E-state index contributed by atoms with van der Waals surface area (Å²) < 4.78 is 1.97. The van der Waals surface area contributed by atoms with Gasteiger partial charge in [-0.15, -0.1) is 10.2 Å². The van der Waals surface area contributed by atoms with E-state index < -0.39 is 0 Å². The number of rotatable bonds is 7. The largest absolute Gasteiger partial charge is 0.325 e. The van der Waals surface area contributed by atoms with E-state index in [-0.39, 0.29) is 11.9 Å². The first-order chi connectivity index (χ1) is 11.8. The Hall–Kier alpha value is -1.82. The summed E-state index contributed by atoms with van der Waals surface area (Å²) >= 11 is 1.42. The van der Waals surface area contributed by atoms with E-state index in [1.807, 2.05) is 4.57 Å². The Morgan fingerprint density at radius 1 is 1.12 bits per heavy atom. The molecule has 5 nitrogen and oxygen atoms in total. The van der Waals surface area contributed by atoms with Crippen molar-refractivity contribution in [2.75, 3.05) is 11.1 Å². The highest BCUT2D eigenvalue weighted by Gasteiger charge is 2.17. The first-order valence-corrected chi connectivity index (χ1v) is 9.74. The van der Waals surface area contributed by atoms with Gasteiger partial charge in [-0.1, -0.05) is 57.7 Å². The number of hydrogen-bond acceptors (Lipinski definition) is 4. The second kappa shape index (κ2) is 8.52. The molecular formula is C19H28N4OS. The molecule has 0 aliphatic heterocycles. The third kappa shape index (κ3) is 4.84. The molecule has 1 aromatic heterocycles. The fraction of sp³-hybridized carbons (Fsp3) is 0.526. The Kier molecular flexibility index (Phi) is 6.64. The highest BCUT2D eigenvalue weighted by Crippen LogP contribution is 2.32. The maximum atomic E-state index is 12.5. The normalized spacial score (nSPS) is 11.6. The fourth-order valence-electron chi connectivity index (χ4n) is 2.69. The van der Waals surface area contributed by atoms with Crippen molar-refractivity contribution in [3.8, 4) is 0 Å². The van der Waals surface area contributed by atoms with E-state index in [4.69, 9.17) is 0 Å². The number of nitrogens with zero attached hydrogens (tertiary/aromatic N) is 3. The van der Waals surface area contributed by atoms with Gasteiger partial charge >= 0.3 is 0 Å². The lowest BCUT2D eigenvalue weighted by Gasteiger charge is -2.20. The molecule has 0 radical (unpaired) electrons. The quantitative estimate of drug-likeness (QED) is 0.718. The van der Waals surface area contributed by atoms with Crippen molar-refractivity contribution in [1.29, 1.82) is 0 Å². The number of hydrogen-bond donors (Lipinski definition) is 1. The molecule has 0 saturated carbocycles. The molecule has 6 heteroatoms. The van der Waals surface area contributed by atoms with Gasteiger partial charge in [0.25, 0.3) is 0 Å². The van der Waals surface area contributed by atoms with Crippen LogP contribution >= 0.6 is 11.8 Å². The zero-order valence-corrected chi connectivity index (χ0v) is 16.7. The van der Waals surface area contributed by atoms with Crippen LogP contribution in [0.2, 0.25) is 0 Å². The molecule has 1 N–H and O–H groups in total. The molecule has 2 rings (SSSR count). The molecule has 2 aromatic rings. The molecule has 0 aliphatic carbocycles. The summed E-state index contributed by atoms with van der Waals surface area (Å²) in [5.74, 6) is 1.00. The number of carbonyl (C=O) groups excluding carboxylic acids is 1. The number of anilines is 1. The average molecular weight is 361 g/mol. The fourth-order valence-corrected chi connectivity index (χ4v) is 3.53. The van der Waals surface area contributed by atoms with Gasteiger partial charge in [-0.3, -0.25) is 4.79 Å². The van der Waals surface area contributed by atoms with Gasteiger partial charge in [-0.05, 0) is 36.8 Å². The van der Waals surface area contributed by atoms with E-state index in [2.05, 4.69) is 75.3 Å². The number of aromatic nitrogens is 3. The minimum absolute atomic E-state index is 0.0155. The summed E-state index contributed by atoms with van der Waals surface area (Å²) in [4.78, 5) is 12.5. The second-order valence-corrected chi connectivity index (χ2v) is 8.01. The van der Waals surface area contributed by atoms with Gasteiger partial charge < -0.3 is 9.88 Å². The van der Waals surface area contributed by atoms with Crippen LogP contribution < -0.4 is 5.32 Å². The summed E-state index contributed by atoms with van der Waals surface area (Å²) in [6.07, 6.45) is 1.70. The molecule has 25 heavy (non-hydrogen) atoms. The van der Waals surface area contributed by atoms with E-state index in [1.54, 1.807) is 6.33 Å². The molecule has 1 heterocycles. The zero-order chi connectivity index (χ0) is 18.6. The Morgan fingerprint density at radius 3 is 2.24 bits per heavy atom. The third-order valence-corrected chi connectivity index (χ3v) is 5.02. The van der Waals surface area contributed by atoms with Crippen LogP contribution in [0.25, 0.3) is 0 Å². The van der Waals surface area contributed by atoms with Crippen LogP contribution in [0.15, 0.2) is 29.7 Å². The van der Waals surface area contributed by atoms with Crippen LogP contribution in [0.3, 0.4) is 0 Å². The summed E-state index contributed by atoms with van der Waals surface area (Å²) in [7, 11) is 0. The molecule has 0 aliphatic rings. The van der Waals surface area contributed by atoms with Crippen LogP contribution in [0.1, 0.15) is 70.5 Å². The predicted octanol–water partition coefficient (Wildman–Crippen LogP) is 4.84. The molecule has 136 valence electrons. The lowest BCUT2D eigenvalue weighted by molar-refractivity contribution is -0.113. The number of carbonyl (C=O) groups is 1. The molecule has 0 atom stereocenters. The standard InChI is InChI=1S/C19H28N4OS/c1-12(2)15-8-7-9-16(13(3)4)18(15)21-17(24)10-25-19-22-20-11-23(19)14(5)6/h7-9,11-14H,10H2,1-6H3,(H,21,24). The molecule has 0 fully saturated rings. The molecule has 1 amide bonds. The van der Waals surface area contributed by atoms with Gasteiger partial charge in [0.05, 0.1) is 5.75 Å². The van der Waals surface area contributed by atoms with Gasteiger partial charge in [0.15, 0.2) is 5.16 Å². The number of benzene rings is 1. The predicted molar refractivity (Wildman–Crippen MR) is 104 cm³/mol. The van der Waals surface area contributed by atoms with Crippen LogP contribution in [-0.4, -0.2) is 26.4 Å². The van der Waals surface area contributed by atoms with Gasteiger partial charge in [0.2, 0.25) is 5.91 Å². The van der Waals surface area contributed by atoms with Crippen LogP contribution in [0.4, 0.5) is 5.69 Å². The summed E-state index contributed by atoms with van der Waals surface area (Å²) in [6, 6.07) is 6.53. The Morgan fingerprint density at radius 2 is 1.72 bits per heavy atom. The third-order valence-electron chi connectivity index (χ3n) is 4.07. The van der Waals surface area contributed by atoms with Crippen molar-refractivity contribution < 1.29 is 4.79 Å². The summed E-state index contributed by atoms with van der Waals surface area (Å²) in [5, 5.41) is 11.9. The molecular weight excluding hydrogens is 332 g/mol. The van der Waals surface area contributed by atoms with E-state index in [0.717, 1.165) is 10.8 Å². The molecule has 0 saturated heterocycles. The zero-order valence-electron chi connectivity index (χ0n) is 15.9. The van der Waals surface area contributed by atoms with E-state index in [1.165, 1.54) is 22.9 Å². The van der Waals surface area contributed by atoms with E-state index >= 15 is 0 Å². The topological polar surface area (TPSA) is 59.8 Å². The van der Waals surface area contributed by atoms with Crippen molar-refractivity contribution in [3.05, 3.63) is 35.7 Å². The number of para-hydroxylation sites is 1. The molecule has 0 unspecified atom stereocenters. The number of nitrogens with one attached hydrogen (secondary N) is 1. The number of thioether (sulfide) groups is 1. The Labute approximate surface area is 154 Å². The monoisotopic (exact) mass is 360 g/mol. The highest BCUT2D eigenvalue weighted by atomic mass is 32.2. The molecule has 0 spiro atoms. The average Bonchev–Trinajstić information content (AvgIpc) is 3.01. The van der Waals surface area contributed by atoms with Crippen molar-refractivity contribution in [2.45, 2.75) is 64.6 Å². The minimum Gasteiger partial charge on any atom is -0.325 e. The second-order valence-electron chi connectivity index (χ2n) is 7.07. The van der Waals surface area contributed by atoms with Gasteiger partial charge in [0, 0.05) is 11.7 Å². The van der Waals surface area contributed by atoms with Crippen molar-refractivity contribution in [3.63, 3.8) is 0 Å². The smallest absolute Gasteiger partial charge is 0.234 e. The number of amides is 1. The molecule has 1 aromatic carbocycles. The van der Waals surface area contributed by atoms with Crippen molar-refractivity contribution in [1.82, 2.24) is 14.8 Å². The van der Waals surface area contributed by atoms with Crippen molar-refractivity contribution >= 4 is 23.4 Å².